The zero-order chi connectivity index (χ0) is 21.5. The van der Waals surface area contributed by atoms with Crippen LogP contribution in [0.4, 0.5) is 28.7 Å². The van der Waals surface area contributed by atoms with Crippen molar-refractivity contribution in [3.63, 3.8) is 0 Å². The topological polar surface area (TPSA) is 121 Å². The van der Waals surface area contributed by atoms with E-state index in [-0.39, 0.29) is 17.3 Å². The van der Waals surface area contributed by atoms with Gasteiger partial charge in [-0.05, 0) is 31.2 Å². The van der Waals surface area contributed by atoms with Gasteiger partial charge in [0, 0.05) is 6.07 Å². The van der Waals surface area contributed by atoms with Gasteiger partial charge in [0.2, 0.25) is 11.6 Å². The number of nitrogens with one attached hydrogen (secondary N) is 2. The first-order chi connectivity index (χ1) is 14.6. The third-order valence-electron chi connectivity index (χ3n) is 4.11. The molecule has 0 unspecified atom stereocenters. The Morgan fingerprint density at radius 2 is 1.63 bits per heavy atom. The highest BCUT2D eigenvalue weighted by molar-refractivity contribution is 5.79. The number of ether oxygens (including phenoxy) is 3. The van der Waals surface area contributed by atoms with E-state index in [4.69, 9.17) is 14.2 Å². The predicted octanol–water partition coefficient (Wildman–Crippen LogP) is 4.29. The number of rotatable bonds is 9. The molecule has 10 nitrogen and oxygen atoms in total. The second-order valence-corrected chi connectivity index (χ2v) is 5.92. The highest BCUT2D eigenvalue weighted by atomic mass is 16.6. The first-order valence-electron chi connectivity index (χ1n) is 9.04. The minimum absolute atomic E-state index is 0.00913. The van der Waals surface area contributed by atoms with E-state index < -0.39 is 4.92 Å². The number of hydrogen-bond acceptors (Lipinski definition) is 9. The van der Waals surface area contributed by atoms with Crippen molar-refractivity contribution < 1.29 is 19.1 Å². The Balaban J connectivity index is 1.99. The van der Waals surface area contributed by atoms with Crippen LogP contribution in [0.25, 0.3) is 0 Å². The molecular formula is C20H21N5O5. The molecule has 1 heterocycles. The van der Waals surface area contributed by atoms with Crippen molar-refractivity contribution in [1.29, 1.82) is 0 Å². The molecule has 0 saturated heterocycles. The van der Waals surface area contributed by atoms with Crippen LogP contribution in [0, 0.1) is 10.1 Å². The standard InChI is InChI=1S/C20H21N5O5/c1-4-30-16-8-6-5-7-14(16)23-19-18(25(26)27)20(22-12-21-19)24-15-10-9-13(28-2)11-17(15)29-3/h5-12H,4H2,1-3H3,(H2,21,22,23,24). The van der Waals surface area contributed by atoms with Crippen LogP contribution in [0.5, 0.6) is 17.2 Å². The Morgan fingerprint density at radius 3 is 2.23 bits per heavy atom. The number of nitrogens with zero attached hydrogens (tertiary/aromatic N) is 3. The van der Waals surface area contributed by atoms with E-state index in [1.807, 2.05) is 13.0 Å². The van der Waals surface area contributed by atoms with Gasteiger partial charge in [0.25, 0.3) is 0 Å². The lowest BCUT2D eigenvalue weighted by molar-refractivity contribution is -0.383. The number of benzene rings is 2. The maximum absolute atomic E-state index is 11.9. The third-order valence-corrected chi connectivity index (χ3v) is 4.11. The number of hydrogen-bond donors (Lipinski definition) is 2. The van der Waals surface area contributed by atoms with Crippen LogP contribution in [-0.4, -0.2) is 35.7 Å². The fourth-order valence-electron chi connectivity index (χ4n) is 2.74. The average molecular weight is 411 g/mol. The molecule has 0 bridgehead atoms. The van der Waals surface area contributed by atoms with Crippen LogP contribution in [0.15, 0.2) is 48.8 Å². The zero-order valence-corrected chi connectivity index (χ0v) is 16.7. The highest BCUT2D eigenvalue weighted by Crippen LogP contribution is 2.38. The Bertz CT molecular complexity index is 1040. The molecule has 3 rings (SSSR count). The van der Waals surface area contributed by atoms with Gasteiger partial charge in [0.05, 0.1) is 37.1 Å². The molecule has 0 atom stereocenters. The second kappa shape index (κ2) is 9.41. The first-order valence-corrected chi connectivity index (χ1v) is 9.04. The molecule has 1 aromatic heterocycles. The number of methoxy groups -OCH3 is 2. The molecule has 0 fully saturated rings. The van der Waals surface area contributed by atoms with Crippen LogP contribution >= 0.6 is 0 Å². The van der Waals surface area contributed by atoms with Crippen molar-refractivity contribution in [2.24, 2.45) is 0 Å². The summed E-state index contributed by atoms with van der Waals surface area (Å²) in [5.41, 5.74) is 0.719. The zero-order valence-electron chi connectivity index (χ0n) is 16.7. The maximum atomic E-state index is 11.9. The van der Waals surface area contributed by atoms with Crippen LogP contribution in [0.2, 0.25) is 0 Å². The van der Waals surface area contributed by atoms with Crippen molar-refractivity contribution in [3.8, 4) is 17.2 Å². The van der Waals surface area contributed by atoms with Gasteiger partial charge in [0.1, 0.15) is 23.6 Å². The quantitative estimate of drug-likeness (QED) is 0.392. The predicted molar refractivity (Wildman–Crippen MR) is 112 cm³/mol. The normalized spacial score (nSPS) is 10.2. The molecule has 0 aliphatic heterocycles. The van der Waals surface area contributed by atoms with Crippen molar-refractivity contribution in [1.82, 2.24) is 9.97 Å². The highest BCUT2D eigenvalue weighted by Gasteiger charge is 2.25. The summed E-state index contributed by atoms with van der Waals surface area (Å²) in [5, 5.41) is 17.8. The summed E-state index contributed by atoms with van der Waals surface area (Å²) < 4.78 is 16.1. The molecule has 2 aromatic carbocycles. The van der Waals surface area contributed by atoms with Crippen molar-refractivity contribution >= 4 is 28.7 Å². The number of nitro groups is 1. The Morgan fingerprint density at radius 1 is 0.967 bits per heavy atom. The molecule has 0 spiro atoms. The van der Waals surface area contributed by atoms with Gasteiger partial charge in [0.15, 0.2) is 0 Å². The molecule has 2 N–H and O–H groups in total. The van der Waals surface area contributed by atoms with E-state index in [9.17, 15) is 10.1 Å². The van der Waals surface area contributed by atoms with E-state index in [2.05, 4.69) is 20.6 Å². The van der Waals surface area contributed by atoms with Crippen LogP contribution in [0.3, 0.4) is 0 Å². The summed E-state index contributed by atoms with van der Waals surface area (Å²) in [5.74, 6) is 1.62. The Kier molecular flexibility index (Phi) is 6.48. The molecule has 156 valence electrons. The fourth-order valence-corrected chi connectivity index (χ4v) is 2.74. The van der Waals surface area contributed by atoms with Crippen LogP contribution in [-0.2, 0) is 0 Å². The van der Waals surface area contributed by atoms with E-state index in [0.29, 0.717) is 35.2 Å². The molecule has 10 heteroatoms. The molecular weight excluding hydrogens is 390 g/mol. The van der Waals surface area contributed by atoms with Crippen LogP contribution in [0.1, 0.15) is 6.92 Å². The van der Waals surface area contributed by atoms with Gasteiger partial charge < -0.3 is 24.8 Å². The molecule has 0 amide bonds. The number of aromatic nitrogens is 2. The summed E-state index contributed by atoms with van der Waals surface area (Å²) in [6.45, 7) is 2.31. The molecule has 30 heavy (non-hydrogen) atoms. The molecule has 0 saturated carbocycles. The Hall–Kier alpha value is -4.08. The summed E-state index contributed by atoms with van der Waals surface area (Å²) in [6, 6.07) is 12.2. The van der Waals surface area contributed by atoms with E-state index in [0.717, 1.165) is 0 Å². The van der Waals surface area contributed by atoms with Gasteiger partial charge in [-0.25, -0.2) is 9.97 Å². The van der Waals surface area contributed by atoms with Gasteiger partial charge in [-0.1, -0.05) is 12.1 Å². The number of anilines is 4. The lowest BCUT2D eigenvalue weighted by atomic mass is 10.2. The maximum Gasteiger partial charge on any atom is 0.353 e. The summed E-state index contributed by atoms with van der Waals surface area (Å²) in [6.07, 6.45) is 1.23. The number of para-hydroxylation sites is 2. The SMILES string of the molecule is CCOc1ccccc1Nc1ncnc(Nc2ccc(OC)cc2OC)c1[N+](=O)[O-]. The molecule has 3 aromatic rings. The monoisotopic (exact) mass is 411 g/mol. The van der Waals surface area contributed by atoms with Crippen molar-refractivity contribution in [3.05, 3.63) is 58.9 Å². The third kappa shape index (κ3) is 4.49. The van der Waals surface area contributed by atoms with Crippen molar-refractivity contribution in [2.75, 3.05) is 31.5 Å². The largest absolute Gasteiger partial charge is 0.497 e. The molecule has 0 aliphatic carbocycles. The summed E-state index contributed by atoms with van der Waals surface area (Å²) >= 11 is 0. The van der Waals surface area contributed by atoms with Gasteiger partial charge in [-0.2, -0.15) is 0 Å². The lowest BCUT2D eigenvalue weighted by Crippen LogP contribution is -2.07. The fraction of sp³-hybridized carbons (Fsp3) is 0.200. The second-order valence-electron chi connectivity index (χ2n) is 5.92. The molecule has 0 aliphatic rings. The Labute approximate surface area is 173 Å². The van der Waals surface area contributed by atoms with E-state index >= 15 is 0 Å². The smallest absolute Gasteiger partial charge is 0.353 e. The minimum atomic E-state index is -0.552. The first kappa shape index (κ1) is 20.6. The molecule has 0 radical (unpaired) electrons. The summed E-state index contributed by atoms with van der Waals surface area (Å²) in [4.78, 5) is 19.4. The van der Waals surface area contributed by atoms with Crippen molar-refractivity contribution in [2.45, 2.75) is 6.92 Å². The average Bonchev–Trinajstić information content (AvgIpc) is 2.75. The summed E-state index contributed by atoms with van der Waals surface area (Å²) in [7, 11) is 3.03. The lowest BCUT2D eigenvalue weighted by Gasteiger charge is -2.14. The van der Waals surface area contributed by atoms with Gasteiger partial charge >= 0.3 is 5.69 Å². The van der Waals surface area contributed by atoms with E-state index in [1.54, 1.807) is 36.4 Å². The van der Waals surface area contributed by atoms with Gasteiger partial charge in [-0.3, -0.25) is 10.1 Å². The van der Waals surface area contributed by atoms with Gasteiger partial charge in [-0.15, -0.1) is 0 Å². The van der Waals surface area contributed by atoms with Crippen LogP contribution < -0.4 is 24.8 Å². The minimum Gasteiger partial charge on any atom is -0.497 e. The van der Waals surface area contributed by atoms with E-state index in [1.165, 1.54) is 20.5 Å².